The van der Waals surface area contributed by atoms with E-state index in [0.29, 0.717) is 6.04 Å². The minimum absolute atomic E-state index is 0.451. The third-order valence-electron chi connectivity index (χ3n) is 3.51. The van der Waals surface area contributed by atoms with Crippen LogP contribution >= 0.6 is 0 Å². The topological polar surface area (TPSA) is 43.8 Å². The maximum Gasteiger partial charge on any atom is 0.108 e. The maximum absolute atomic E-state index is 5.91. The lowest BCUT2D eigenvalue weighted by molar-refractivity contribution is 0.318. The third kappa shape index (κ3) is 2.59. The molecule has 1 aromatic heterocycles. The van der Waals surface area contributed by atoms with Crippen molar-refractivity contribution < 1.29 is 0 Å². The normalized spacial score (nSPS) is 26.8. The summed E-state index contributed by atoms with van der Waals surface area (Å²) in [5.41, 5.74) is 5.91. The smallest absolute Gasteiger partial charge is 0.108 e. The van der Waals surface area contributed by atoms with Gasteiger partial charge in [-0.2, -0.15) is 0 Å². The van der Waals surface area contributed by atoms with Gasteiger partial charge in [-0.15, -0.1) is 0 Å². The number of aromatic nitrogens is 2. The van der Waals surface area contributed by atoms with Crippen molar-refractivity contribution in [1.29, 1.82) is 0 Å². The molecule has 1 heterocycles. The highest BCUT2D eigenvalue weighted by Gasteiger charge is 2.20. The first-order valence-electron chi connectivity index (χ1n) is 6.05. The van der Waals surface area contributed by atoms with Gasteiger partial charge in [0.1, 0.15) is 5.82 Å². The molecule has 1 aromatic rings. The summed E-state index contributed by atoms with van der Waals surface area (Å²) < 4.78 is 2.24. The van der Waals surface area contributed by atoms with Gasteiger partial charge in [-0.05, 0) is 38.5 Å². The Balaban J connectivity index is 1.91. The SMILES string of the molecule is CCn1ccnc1CC1CCC(N)CC1. The largest absolute Gasteiger partial charge is 0.335 e. The van der Waals surface area contributed by atoms with Crippen molar-refractivity contribution in [2.45, 2.75) is 51.6 Å². The van der Waals surface area contributed by atoms with Gasteiger partial charge in [0.25, 0.3) is 0 Å². The Morgan fingerprint density at radius 3 is 2.80 bits per heavy atom. The first kappa shape index (κ1) is 10.7. The Kier molecular flexibility index (Phi) is 3.41. The fraction of sp³-hybridized carbons (Fsp3) is 0.750. The molecule has 2 N–H and O–H groups in total. The maximum atomic E-state index is 5.91. The Hall–Kier alpha value is -0.830. The van der Waals surface area contributed by atoms with Gasteiger partial charge in [0.05, 0.1) is 0 Å². The summed E-state index contributed by atoms with van der Waals surface area (Å²) in [5, 5.41) is 0. The van der Waals surface area contributed by atoms with Crippen LogP contribution in [0.5, 0.6) is 0 Å². The van der Waals surface area contributed by atoms with Crippen molar-refractivity contribution in [1.82, 2.24) is 9.55 Å². The number of nitrogens with two attached hydrogens (primary N) is 1. The van der Waals surface area contributed by atoms with Gasteiger partial charge < -0.3 is 10.3 Å². The number of nitrogens with zero attached hydrogens (tertiary/aromatic N) is 2. The molecule has 2 rings (SSSR count). The van der Waals surface area contributed by atoms with Crippen LogP contribution < -0.4 is 5.73 Å². The first-order valence-corrected chi connectivity index (χ1v) is 6.05. The highest BCUT2D eigenvalue weighted by Crippen LogP contribution is 2.25. The average Bonchev–Trinajstić information content (AvgIpc) is 2.69. The highest BCUT2D eigenvalue weighted by molar-refractivity contribution is 4.94. The third-order valence-corrected chi connectivity index (χ3v) is 3.51. The molecular weight excluding hydrogens is 186 g/mol. The number of aryl methyl sites for hydroxylation is 1. The molecule has 0 saturated heterocycles. The van der Waals surface area contributed by atoms with E-state index < -0.39 is 0 Å². The zero-order chi connectivity index (χ0) is 10.7. The van der Waals surface area contributed by atoms with Crippen molar-refractivity contribution in [2.24, 2.45) is 11.7 Å². The van der Waals surface area contributed by atoms with E-state index in [1.54, 1.807) is 0 Å². The fourth-order valence-corrected chi connectivity index (χ4v) is 2.47. The molecule has 1 fully saturated rings. The van der Waals surface area contributed by atoms with Crippen LogP contribution in [-0.4, -0.2) is 15.6 Å². The van der Waals surface area contributed by atoms with Crippen LogP contribution in [-0.2, 0) is 13.0 Å². The Bertz CT molecular complexity index is 298. The van der Waals surface area contributed by atoms with E-state index >= 15 is 0 Å². The summed E-state index contributed by atoms with van der Waals surface area (Å²) in [4.78, 5) is 4.43. The van der Waals surface area contributed by atoms with Crippen molar-refractivity contribution in [3.05, 3.63) is 18.2 Å². The zero-order valence-electron chi connectivity index (χ0n) is 9.52. The molecule has 0 radical (unpaired) electrons. The van der Waals surface area contributed by atoms with E-state index in [2.05, 4.69) is 22.7 Å². The summed E-state index contributed by atoms with van der Waals surface area (Å²) in [5.74, 6) is 2.05. The summed E-state index contributed by atoms with van der Waals surface area (Å²) in [6, 6.07) is 0.451. The summed E-state index contributed by atoms with van der Waals surface area (Å²) in [6.07, 6.45) is 10.1. The van der Waals surface area contributed by atoms with Gasteiger partial charge in [0, 0.05) is 31.4 Å². The molecule has 1 aliphatic rings. The second-order valence-electron chi connectivity index (χ2n) is 4.61. The molecule has 0 atom stereocenters. The highest BCUT2D eigenvalue weighted by atomic mass is 15.0. The van der Waals surface area contributed by atoms with E-state index in [1.807, 2.05) is 6.20 Å². The molecule has 0 bridgehead atoms. The zero-order valence-corrected chi connectivity index (χ0v) is 9.52. The first-order chi connectivity index (χ1) is 7.29. The van der Waals surface area contributed by atoms with Gasteiger partial charge in [0.15, 0.2) is 0 Å². The van der Waals surface area contributed by atoms with Gasteiger partial charge in [0.2, 0.25) is 0 Å². The van der Waals surface area contributed by atoms with Crippen LogP contribution in [0.1, 0.15) is 38.4 Å². The number of rotatable bonds is 3. The average molecular weight is 207 g/mol. The molecule has 1 aliphatic carbocycles. The Morgan fingerprint density at radius 2 is 2.13 bits per heavy atom. The van der Waals surface area contributed by atoms with Crippen LogP contribution in [0.15, 0.2) is 12.4 Å². The monoisotopic (exact) mass is 207 g/mol. The van der Waals surface area contributed by atoms with Crippen LogP contribution in [0.25, 0.3) is 0 Å². The quantitative estimate of drug-likeness (QED) is 0.823. The molecule has 0 aromatic carbocycles. The van der Waals surface area contributed by atoms with Crippen LogP contribution in [0.4, 0.5) is 0 Å². The van der Waals surface area contributed by atoms with Crippen molar-refractivity contribution in [2.75, 3.05) is 0 Å². The molecule has 0 spiro atoms. The van der Waals surface area contributed by atoms with Gasteiger partial charge in [-0.3, -0.25) is 0 Å². The van der Waals surface area contributed by atoms with Crippen molar-refractivity contribution in [3.8, 4) is 0 Å². The summed E-state index contributed by atoms with van der Waals surface area (Å²) in [6.45, 7) is 3.20. The molecule has 0 unspecified atom stereocenters. The predicted octanol–water partition coefficient (Wildman–Crippen LogP) is 1.96. The predicted molar refractivity (Wildman–Crippen MR) is 61.5 cm³/mol. The van der Waals surface area contributed by atoms with Crippen LogP contribution in [0, 0.1) is 5.92 Å². The van der Waals surface area contributed by atoms with E-state index in [4.69, 9.17) is 5.73 Å². The van der Waals surface area contributed by atoms with E-state index in [1.165, 1.54) is 31.5 Å². The van der Waals surface area contributed by atoms with Gasteiger partial charge in [-0.1, -0.05) is 0 Å². The van der Waals surface area contributed by atoms with Crippen molar-refractivity contribution in [3.63, 3.8) is 0 Å². The van der Waals surface area contributed by atoms with E-state index in [-0.39, 0.29) is 0 Å². The fourth-order valence-electron chi connectivity index (χ4n) is 2.47. The lowest BCUT2D eigenvalue weighted by Crippen LogP contribution is -2.27. The molecule has 0 aliphatic heterocycles. The number of imidazole rings is 1. The molecule has 3 nitrogen and oxygen atoms in total. The second kappa shape index (κ2) is 4.79. The number of hydrogen-bond acceptors (Lipinski definition) is 2. The van der Waals surface area contributed by atoms with Gasteiger partial charge >= 0.3 is 0 Å². The second-order valence-corrected chi connectivity index (χ2v) is 4.61. The molecule has 1 saturated carbocycles. The standard InChI is InChI=1S/C12H21N3/c1-2-15-8-7-14-12(15)9-10-3-5-11(13)6-4-10/h7-8,10-11H,2-6,9,13H2,1H3. The van der Waals surface area contributed by atoms with E-state index in [0.717, 1.165) is 18.9 Å². The number of hydrogen-bond donors (Lipinski definition) is 1. The minimum Gasteiger partial charge on any atom is -0.335 e. The van der Waals surface area contributed by atoms with E-state index in [9.17, 15) is 0 Å². The van der Waals surface area contributed by atoms with Gasteiger partial charge in [-0.25, -0.2) is 4.98 Å². The van der Waals surface area contributed by atoms with Crippen LogP contribution in [0.3, 0.4) is 0 Å². The lowest BCUT2D eigenvalue weighted by atomic mass is 9.84. The minimum atomic E-state index is 0.451. The molecule has 15 heavy (non-hydrogen) atoms. The summed E-state index contributed by atoms with van der Waals surface area (Å²) >= 11 is 0. The molecule has 0 amide bonds. The van der Waals surface area contributed by atoms with Crippen LogP contribution in [0.2, 0.25) is 0 Å². The lowest BCUT2D eigenvalue weighted by Gasteiger charge is -2.25. The molecule has 84 valence electrons. The van der Waals surface area contributed by atoms with Crippen molar-refractivity contribution >= 4 is 0 Å². The molecule has 3 heteroatoms. The summed E-state index contributed by atoms with van der Waals surface area (Å²) in [7, 11) is 0. The Labute approximate surface area is 91.7 Å². The Morgan fingerprint density at radius 1 is 1.40 bits per heavy atom. The molecular formula is C12H21N3.